The van der Waals surface area contributed by atoms with Gasteiger partial charge in [0.2, 0.25) is 0 Å². The third-order valence-corrected chi connectivity index (χ3v) is 6.18. The minimum Gasteiger partial charge on any atom is -0.357 e. The lowest BCUT2D eigenvalue weighted by molar-refractivity contribution is -0.125. The van der Waals surface area contributed by atoms with Gasteiger partial charge in [-0.05, 0) is 45.1 Å². The molecule has 2 atom stereocenters. The second-order valence-corrected chi connectivity index (χ2v) is 8.38. The zero-order valence-corrected chi connectivity index (χ0v) is 17.9. The summed E-state index contributed by atoms with van der Waals surface area (Å²) in [5.41, 5.74) is 1.75. The van der Waals surface area contributed by atoms with Crippen LogP contribution in [0.4, 0.5) is 4.79 Å². The maximum absolute atomic E-state index is 12.2. The number of likely N-dealkylation sites (tertiary alicyclic amines) is 1. The van der Waals surface area contributed by atoms with Gasteiger partial charge in [-0.1, -0.05) is 36.8 Å². The Morgan fingerprint density at radius 1 is 1.28 bits per heavy atom. The van der Waals surface area contributed by atoms with E-state index in [0.29, 0.717) is 5.92 Å². The highest BCUT2D eigenvalue weighted by molar-refractivity contribution is 6.07. The zero-order chi connectivity index (χ0) is 21.0. The molecule has 0 saturated carbocycles. The molecular weight excluding hydrogens is 366 g/mol. The van der Waals surface area contributed by atoms with E-state index in [9.17, 15) is 9.59 Å². The summed E-state index contributed by atoms with van der Waals surface area (Å²) >= 11 is 0. The van der Waals surface area contributed by atoms with Gasteiger partial charge in [0.15, 0.2) is 5.96 Å². The molecule has 2 unspecified atom stereocenters. The van der Waals surface area contributed by atoms with Crippen LogP contribution in [0.3, 0.4) is 0 Å². The Kier molecular flexibility index (Phi) is 6.45. The third-order valence-electron chi connectivity index (χ3n) is 6.18. The summed E-state index contributed by atoms with van der Waals surface area (Å²) in [6.45, 7) is 11.4. The van der Waals surface area contributed by atoms with Crippen molar-refractivity contribution in [3.8, 4) is 0 Å². The van der Waals surface area contributed by atoms with E-state index in [1.165, 1.54) is 11.1 Å². The van der Waals surface area contributed by atoms with Crippen LogP contribution in [0.2, 0.25) is 0 Å². The number of aryl methyl sites for hydroxylation is 1. The summed E-state index contributed by atoms with van der Waals surface area (Å²) in [4.78, 5) is 30.9. The number of carbonyl (C=O) groups is 2. The van der Waals surface area contributed by atoms with Crippen molar-refractivity contribution in [3.63, 3.8) is 0 Å². The molecule has 7 heteroatoms. The second-order valence-electron chi connectivity index (χ2n) is 8.38. The van der Waals surface area contributed by atoms with E-state index < -0.39 is 5.54 Å². The second kappa shape index (κ2) is 8.84. The predicted molar refractivity (Wildman–Crippen MR) is 115 cm³/mol. The first-order valence-corrected chi connectivity index (χ1v) is 10.6. The van der Waals surface area contributed by atoms with E-state index >= 15 is 0 Å². The molecule has 1 aromatic rings. The number of guanidine groups is 1. The first-order chi connectivity index (χ1) is 13.8. The minimum absolute atomic E-state index is 0.125. The van der Waals surface area contributed by atoms with Crippen molar-refractivity contribution in [1.82, 2.24) is 20.9 Å². The standard InChI is InChI=1S/C22H33N5O2/c1-5-23-20(24-14-16(3)17-8-6-15(2)7-9-17)27-12-10-18(11-13-27)22(4)19(28)25-21(29)26-22/h6-9,16,18H,5,10-14H2,1-4H3,(H,23,24)(H2,25,26,28,29). The summed E-state index contributed by atoms with van der Waals surface area (Å²) in [7, 11) is 0. The molecule has 0 spiro atoms. The highest BCUT2D eigenvalue weighted by Gasteiger charge is 2.48. The SMILES string of the molecule is CCNC(=NCC(C)c1ccc(C)cc1)N1CCC(C2(C)NC(=O)NC2=O)CC1. The molecule has 2 fully saturated rings. The number of nitrogens with one attached hydrogen (secondary N) is 3. The number of rotatable bonds is 5. The summed E-state index contributed by atoms with van der Waals surface area (Å²) in [5, 5.41) is 8.59. The number of carbonyl (C=O) groups excluding carboxylic acids is 2. The predicted octanol–water partition coefficient (Wildman–Crippen LogP) is 2.37. The number of urea groups is 1. The first-order valence-electron chi connectivity index (χ1n) is 10.6. The van der Waals surface area contributed by atoms with Gasteiger partial charge in [-0.3, -0.25) is 15.1 Å². The molecule has 0 bridgehead atoms. The quantitative estimate of drug-likeness (QED) is 0.403. The molecule has 0 aromatic heterocycles. The Balaban J connectivity index is 1.61. The molecule has 2 aliphatic rings. The summed E-state index contributed by atoms with van der Waals surface area (Å²) < 4.78 is 0. The fraction of sp³-hybridized carbons (Fsp3) is 0.591. The Bertz CT molecular complexity index is 768. The Labute approximate surface area is 173 Å². The van der Waals surface area contributed by atoms with Gasteiger partial charge in [-0.15, -0.1) is 0 Å². The normalized spacial score (nSPS) is 24.3. The molecule has 2 saturated heterocycles. The first kappa shape index (κ1) is 21.1. The molecule has 29 heavy (non-hydrogen) atoms. The van der Waals surface area contributed by atoms with Crippen molar-refractivity contribution >= 4 is 17.9 Å². The molecule has 3 amide bonds. The molecule has 2 heterocycles. The molecular formula is C22H33N5O2. The molecule has 3 N–H and O–H groups in total. The lowest BCUT2D eigenvalue weighted by Gasteiger charge is -2.39. The molecule has 0 radical (unpaired) electrons. The number of hydrogen-bond donors (Lipinski definition) is 3. The smallest absolute Gasteiger partial charge is 0.322 e. The van der Waals surface area contributed by atoms with E-state index in [1.807, 2.05) is 6.92 Å². The van der Waals surface area contributed by atoms with Crippen molar-refractivity contribution in [3.05, 3.63) is 35.4 Å². The van der Waals surface area contributed by atoms with E-state index in [-0.39, 0.29) is 17.9 Å². The summed E-state index contributed by atoms with van der Waals surface area (Å²) in [6, 6.07) is 8.25. The van der Waals surface area contributed by atoms with E-state index in [2.05, 4.69) is 65.9 Å². The maximum atomic E-state index is 12.2. The van der Waals surface area contributed by atoms with Gasteiger partial charge in [0.05, 0.1) is 0 Å². The van der Waals surface area contributed by atoms with Crippen molar-refractivity contribution in [2.24, 2.45) is 10.9 Å². The van der Waals surface area contributed by atoms with E-state index in [1.54, 1.807) is 0 Å². The lowest BCUT2D eigenvalue weighted by atomic mass is 9.79. The number of amides is 3. The maximum Gasteiger partial charge on any atom is 0.322 e. The number of piperidine rings is 1. The summed E-state index contributed by atoms with van der Waals surface area (Å²) in [6.07, 6.45) is 1.67. The fourth-order valence-electron chi connectivity index (χ4n) is 4.16. The van der Waals surface area contributed by atoms with Crippen LogP contribution in [0.15, 0.2) is 29.3 Å². The van der Waals surface area contributed by atoms with Crippen LogP contribution in [0.25, 0.3) is 0 Å². The van der Waals surface area contributed by atoms with Crippen LogP contribution in [-0.2, 0) is 4.79 Å². The van der Waals surface area contributed by atoms with Crippen molar-refractivity contribution < 1.29 is 9.59 Å². The Morgan fingerprint density at radius 3 is 2.48 bits per heavy atom. The minimum atomic E-state index is -0.807. The Morgan fingerprint density at radius 2 is 1.93 bits per heavy atom. The van der Waals surface area contributed by atoms with Gasteiger partial charge in [0, 0.05) is 32.1 Å². The number of hydrogen-bond acceptors (Lipinski definition) is 3. The van der Waals surface area contributed by atoms with Gasteiger partial charge in [0.1, 0.15) is 5.54 Å². The van der Waals surface area contributed by atoms with Crippen LogP contribution in [0, 0.1) is 12.8 Å². The van der Waals surface area contributed by atoms with Gasteiger partial charge in [-0.25, -0.2) is 4.79 Å². The highest BCUT2D eigenvalue weighted by Crippen LogP contribution is 2.30. The molecule has 2 aliphatic heterocycles. The van der Waals surface area contributed by atoms with Gasteiger partial charge >= 0.3 is 6.03 Å². The Hall–Kier alpha value is -2.57. The van der Waals surface area contributed by atoms with E-state index in [0.717, 1.165) is 45.0 Å². The van der Waals surface area contributed by atoms with Gasteiger partial charge in [-0.2, -0.15) is 0 Å². The molecule has 0 aliphatic carbocycles. The summed E-state index contributed by atoms with van der Waals surface area (Å²) in [5.74, 6) is 1.18. The van der Waals surface area contributed by atoms with Crippen LogP contribution in [0.1, 0.15) is 50.7 Å². The number of nitrogens with zero attached hydrogens (tertiary/aromatic N) is 2. The molecule has 3 rings (SSSR count). The topological polar surface area (TPSA) is 85.8 Å². The number of imide groups is 1. The van der Waals surface area contributed by atoms with E-state index in [4.69, 9.17) is 4.99 Å². The molecule has 7 nitrogen and oxygen atoms in total. The fourth-order valence-corrected chi connectivity index (χ4v) is 4.16. The largest absolute Gasteiger partial charge is 0.357 e. The monoisotopic (exact) mass is 399 g/mol. The van der Waals surface area contributed by atoms with Crippen LogP contribution >= 0.6 is 0 Å². The third kappa shape index (κ3) is 4.71. The number of aliphatic imine (C=N–C) groups is 1. The zero-order valence-electron chi connectivity index (χ0n) is 17.9. The van der Waals surface area contributed by atoms with Crippen molar-refractivity contribution in [2.45, 2.75) is 52.0 Å². The number of benzene rings is 1. The molecule has 1 aromatic carbocycles. The average molecular weight is 400 g/mol. The highest BCUT2D eigenvalue weighted by atomic mass is 16.2. The van der Waals surface area contributed by atoms with Crippen molar-refractivity contribution in [1.29, 1.82) is 0 Å². The van der Waals surface area contributed by atoms with Gasteiger partial charge < -0.3 is 15.5 Å². The van der Waals surface area contributed by atoms with Crippen LogP contribution in [0.5, 0.6) is 0 Å². The molecule has 158 valence electrons. The lowest BCUT2D eigenvalue weighted by Crippen LogP contribution is -2.55. The van der Waals surface area contributed by atoms with Gasteiger partial charge in [0.25, 0.3) is 5.91 Å². The van der Waals surface area contributed by atoms with Crippen LogP contribution in [-0.4, -0.2) is 54.5 Å². The average Bonchev–Trinajstić information content (AvgIpc) is 2.98. The van der Waals surface area contributed by atoms with Crippen LogP contribution < -0.4 is 16.0 Å². The van der Waals surface area contributed by atoms with Crippen molar-refractivity contribution in [2.75, 3.05) is 26.2 Å².